The Balaban J connectivity index is 2.08. The molecule has 0 saturated carbocycles. The van der Waals surface area contributed by atoms with Crippen LogP contribution in [0.1, 0.15) is 25.2 Å². The molecule has 0 aliphatic rings. The number of benzene rings is 2. The Morgan fingerprint density at radius 2 is 2.00 bits per heavy atom. The van der Waals surface area contributed by atoms with E-state index in [1.807, 2.05) is 30.3 Å². The smallest absolute Gasteiger partial charge is 0.121 e. The summed E-state index contributed by atoms with van der Waals surface area (Å²) in [6, 6.07) is 14.1. The van der Waals surface area contributed by atoms with Crippen LogP contribution in [0.3, 0.4) is 0 Å². The van der Waals surface area contributed by atoms with Crippen molar-refractivity contribution in [2.24, 2.45) is 5.92 Å². The molecule has 0 saturated heterocycles. The van der Waals surface area contributed by atoms with E-state index in [1.54, 1.807) is 7.11 Å². The van der Waals surface area contributed by atoms with Crippen LogP contribution >= 0.6 is 11.6 Å². The molecule has 0 unspecified atom stereocenters. The number of fused-ring (bicyclic) bond motifs is 1. The van der Waals surface area contributed by atoms with Gasteiger partial charge in [-0.3, -0.25) is 0 Å². The molecule has 3 aromatic rings. The van der Waals surface area contributed by atoms with Crippen molar-refractivity contribution in [2.45, 2.75) is 26.8 Å². The minimum absolute atomic E-state index is 0.548. The van der Waals surface area contributed by atoms with E-state index in [-0.39, 0.29) is 0 Å². The van der Waals surface area contributed by atoms with Gasteiger partial charge in [-0.25, -0.2) is 4.98 Å². The Bertz CT molecular complexity index is 823. The van der Waals surface area contributed by atoms with Crippen molar-refractivity contribution in [2.75, 3.05) is 7.11 Å². The van der Waals surface area contributed by atoms with Crippen LogP contribution in [0.5, 0.6) is 5.75 Å². The summed E-state index contributed by atoms with van der Waals surface area (Å²) < 4.78 is 7.60. The monoisotopic (exact) mass is 328 g/mol. The van der Waals surface area contributed by atoms with Crippen molar-refractivity contribution in [1.82, 2.24) is 9.55 Å². The van der Waals surface area contributed by atoms with Crippen molar-refractivity contribution in [1.29, 1.82) is 0 Å². The molecule has 0 radical (unpaired) electrons. The quantitative estimate of drug-likeness (QED) is 0.663. The normalized spacial score (nSPS) is 11.3. The second-order valence-electron chi connectivity index (χ2n) is 6.20. The van der Waals surface area contributed by atoms with E-state index in [0.717, 1.165) is 40.6 Å². The molecule has 1 heterocycles. The molecule has 1 aromatic heterocycles. The summed E-state index contributed by atoms with van der Waals surface area (Å²) >= 11 is 6.13. The van der Waals surface area contributed by atoms with Crippen molar-refractivity contribution in [3.05, 3.63) is 58.9 Å². The second kappa shape index (κ2) is 6.63. The van der Waals surface area contributed by atoms with Gasteiger partial charge in [0.1, 0.15) is 11.6 Å². The lowest BCUT2D eigenvalue weighted by atomic mass is 10.1. The highest BCUT2D eigenvalue weighted by Crippen LogP contribution is 2.24. The summed E-state index contributed by atoms with van der Waals surface area (Å²) in [7, 11) is 1.68. The van der Waals surface area contributed by atoms with Crippen molar-refractivity contribution in [3.63, 3.8) is 0 Å². The summed E-state index contributed by atoms with van der Waals surface area (Å²) in [6.45, 7) is 5.19. The lowest BCUT2D eigenvalue weighted by Gasteiger charge is -2.11. The van der Waals surface area contributed by atoms with Crippen LogP contribution in [0.15, 0.2) is 42.5 Å². The number of aromatic nitrogens is 2. The number of ether oxygens (including phenoxy) is 1. The summed E-state index contributed by atoms with van der Waals surface area (Å²) in [4.78, 5) is 4.83. The van der Waals surface area contributed by atoms with Gasteiger partial charge in [0, 0.05) is 24.1 Å². The SMILES string of the molecule is COc1ccc2c(c1)nc(CC(C)C)n2Cc1cccc(Cl)c1. The van der Waals surface area contributed by atoms with Gasteiger partial charge >= 0.3 is 0 Å². The zero-order chi connectivity index (χ0) is 16.4. The molecule has 3 rings (SSSR count). The van der Waals surface area contributed by atoms with E-state index < -0.39 is 0 Å². The molecule has 0 aliphatic heterocycles. The van der Waals surface area contributed by atoms with Crippen molar-refractivity contribution >= 4 is 22.6 Å². The van der Waals surface area contributed by atoms with Crippen LogP contribution in [0, 0.1) is 5.92 Å². The summed E-state index contributed by atoms with van der Waals surface area (Å²) in [5.41, 5.74) is 3.28. The standard InChI is InChI=1S/C19H21ClN2O/c1-13(2)9-19-21-17-11-16(23-3)7-8-18(17)22(19)12-14-5-4-6-15(20)10-14/h4-8,10-11,13H,9,12H2,1-3H3. The molecule has 120 valence electrons. The van der Waals surface area contributed by atoms with E-state index in [0.29, 0.717) is 5.92 Å². The Morgan fingerprint density at radius 1 is 1.17 bits per heavy atom. The Hall–Kier alpha value is -2.00. The van der Waals surface area contributed by atoms with Gasteiger partial charge in [-0.2, -0.15) is 0 Å². The van der Waals surface area contributed by atoms with Crippen LogP contribution in [-0.2, 0) is 13.0 Å². The molecular weight excluding hydrogens is 308 g/mol. The van der Waals surface area contributed by atoms with Gasteiger partial charge in [0.15, 0.2) is 0 Å². The molecule has 0 amide bonds. The van der Waals surface area contributed by atoms with Gasteiger partial charge in [-0.05, 0) is 35.7 Å². The molecule has 0 aliphatic carbocycles. The van der Waals surface area contributed by atoms with Crippen LogP contribution < -0.4 is 4.74 Å². The number of hydrogen-bond donors (Lipinski definition) is 0. The second-order valence-corrected chi connectivity index (χ2v) is 6.63. The highest BCUT2D eigenvalue weighted by atomic mass is 35.5. The third kappa shape index (κ3) is 3.50. The molecule has 4 heteroatoms. The molecular formula is C19H21ClN2O. The van der Waals surface area contributed by atoms with Crippen LogP contribution in [0.25, 0.3) is 11.0 Å². The summed E-state index contributed by atoms with van der Waals surface area (Å²) in [5, 5.41) is 0.763. The Morgan fingerprint density at radius 3 is 2.70 bits per heavy atom. The van der Waals surface area contributed by atoms with E-state index in [2.05, 4.69) is 30.5 Å². The lowest BCUT2D eigenvalue weighted by Crippen LogP contribution is -2.08. The average molecular weight is 329 g/mol. The first-order valence-corrected chi connectivity index (χ1v) is 8.22. The number of methoxy groups -OCH3 is 1. The largest absolute Gasteiger partial charge is 0.497 e. The highest BCUT2D eigenvalue weighted by Gasteiger charge is 2.13. The first-order chi connectivity index (χ1) is 11.1. The van der Waals surface area contributed by atoms with Crippen molar-refractivity contribution < 1.29 is 4.74 Å². The Labute approximate surface area is 141 Å². The van der Waals surface area contributed by atoms with E-state index in [9.17, 15) is 0 Å². The Kier molecular flexibility index (Phi) is 4.58. The van der Waals surface area contributed by atoms with Crippen LogP contribution in [-0.4, -0.2) is 16.7 Å². The third-order valence-electron chi connectivity index (χ3n) is 3.85. The number of rotatable bonds is 5. The van der Waals surface area contributed by atoms with Gasteiger partial charge in [0.2, 0.25) is 0 Å². The topological polar surface area (TPSA) is 27.1 Å². The summed E-state index contributed by atoms with van der Waals surface area (Å²) in [5.74, 6) is 2.48. The number of nitrogens with zero attached hydrogens (tertiary/aromatic N) is 2. The molecule has 2 aromatic carbocycles. The molecule has 0 atom stereocenters. The lowest BCUT2D eigenvalue weighted by molar-refractivity contribution is 0.415. The van der Waals surface area contributed by atoms with Gasteiger partial charge < -0.3 is 9.30 Å². The minimum Gasteiger partial charge on any atom is -0.497 e. The first-order valence-electron chi connectivity index (χ1n) is 7.84. The summed E-state index contributed by atoms with van der Waals surface area (Å²) in [6.07, 6.45) is 0.942. The van der Waals surface area contributed by atoms with Gasteiger partial charge in [-0.1, -0.05) is 37.6 Å². The van der Waals surface area contributed by atoms with E-state index in [1.165, 1.54) is 5.56 Å². The van der Waals surface area contributed by atoms with Gasteiger partial charge in [-0.15, -0.1) is 0 Å². The fraction of sp³-hybridized carbons (Fsp3) is 0.316. The number of hydrogen-bond acceptors (Lipinski definition) is 2. The van der Waals surface area contributed by atoms with Gasteiger partial charge in [0.05, 0.1) is 18.1 Å². The molecule has 0 spiro atoms. The fourth-order valence-corrected chi connectivity index (χ4v) is 3.01. The third-order valence-corrected chi connectivity index (χ3v) is 4.09. The van der Waals surface area contributed by atoms with Gasteiger partial charge in [0.25, 0.3) is 0 Å². The van der Waals surface area contributed by atoms with E-state index in [4.69, 9.17) is 21.3 Å². The zero-order valence-electron chi connectivity index (χ0n) is 13.7. The average Bonchev–Trinajstić information content (AvgIpc) is 2.83. The molecule has 0 bridgehead atoms. The molecule has 0 fully saturated rings. The van der Waals surface area contributed by atoms with E-state index >= 15 is 0 Å². The molecule has 23 heavy (non-hydrogen) atoms. The van der Waals surface area contributed by atoms with Crippen molar-refractivity contribution in [3.8, 4) is 5.75 Å². The highest BCUT2D eigenvalue weighted by molar-refractivity contribution is 6.30. The molecule has 0 N–H and O–H groups in total. The number of imidazole rings is 1. The predicted molar refractivity (Wildman–Crippen MR) is 95.4 cm³/mol. The minimum atomic E-state index is 0.548. The predicted octanol–water partition coefficient (Wildman–Crippen LogP) is 4.95. The maximum absolute atomic E-state index is 6.13. The van der Waals surface area contributed by atoms with Crippen LogP contribution in [0.4, 0.5) is 0 Å². The number of halogens is 1. The first kappa shape index (κ1) is 15.9. The zero-order valence-corrected chi connectivity index (χ0v) is 14.5. The maximum atomic E-state index is 6.13. The maximum Gasteiger partial charge on any atom is 0.121 e. The molecule has 3 nitrogen and oxygen atoms in total. The fourth-order valence-electron chi connectivity index (χ4n) is 2.80. The van der Waals surface area contributed by atoms with Crippen LogP contribution in [0.2, 0.25) is 5.02 Å².